The first-order valence-corrected chi connectivity index (χ1v) is 9.00. The summed E-state index contributed by atoms with van der Waals surface area (Å²) in [6.07, 6.45) is 1.61. The van der Waals surface area contributed by atoms with E-state index in [4.69, 9.17) is 9.47 Å². The van der Waals surface area contributed by atoms with E-state index in [0.29, 0.717) is 22.7 Å². The topological polar surface area (TPSA) is 98.2 Å². The highest BCUT2D eigenvalue weighted by atomic mass is 16.5. The number of aromatic amines is 1. The van der Waals surface area contributed by atoms with Crippen LogP contribution in [0.2, 0.25) is 0 Å². The Bertz CT molecular complexity index is 1290. The third-order valence-corrected chi connectivity index (χ3v) is 4.73. The standard InChI is InChI=1S/C21H20N4O4/c1-12-4-6-16-14(8-12)15-10-22-25(21(27)20(15)24-16)11-19(26)23-13-5-7-17(28-2)18(9-13)29-3/h4-10,24H,11H2,1-3H3,(H,23,26). The van der Waals surface area contributed by atoms with E-state index in [1.165, 1.54) is 14.2 Å². The Kier molecular flexibility index (Phi) is 4.67. The fourth-order valence-corrected chi connectivity index (χ4v) is 3.30. The molecule has 0 atom stereocenters. The van der Waals surface area contributed by atoms with Gasteiger partial charge < -0.3 is 19.8 Å². The van der Waals surface area contributed by atoms with Crippen LogP contribution in [0.15, 0.2) is 47.4 Å². The van der Waals surface area contributed by atoms with E-state index in [1.807, 2.05) is 25.1 Å². The van der Waals surface area contributed by atoms with Crippen molar-refractivity contribution in [3.8, 4) is 11.5 Å². The van der Waals surface area contributed by atoms with Crippen LogP contribution < -0.4 is 20.3 Å². The van der Waals surface area contributed by atoms with Crippen LogP contribution in [0.1, 0.15) is 5.56 Å². The van der Waals surface area contributed by atoms with Crippen LogP contribution in [0.3, 0.4) is 0 Å². The zero-order valence-electron chi connectivity index (χ0n) is 16.3. The Hall–Kier alpha value is -3.81. The summed E-state index contributed by atoms with van der Waals surface area (Å²) in [5.41, 5.74) is 2.56. The number of benzene rings is 2. The van der Waals surface area contributed by atoms with Crippen LogP contribution in [0.25, 0.3) is 21.8 Å². The molecule has 29 heavy (non-hydrogen) atoms. The number of hydrogen-bond acceptors (Lipinski definition) is 5. The molecule has 4 aromatic rings. The van der Waals surface area contributed by atoms with Crippen molar-refractivity contribution < 1.29 is 14.3 Å². The average molecular weight is 392 g/mol. The summed E-state index contributed by atoms with van der Waals surface area (Å²) in [5, 5.41) is 8.60. The quantitative estimate of drug-likeness (QED) is 0.544. The summed E-state index contributed by atoms with van der Waals surface area (Å²) in [7, 11) is 3.06. The van der Waals surface area contributed by atoms with Gasteiger partial charge >= 0.3 is 0 Å². The Morgan fingerprint density at radius 2 is 1.90 bits per heavy atom. The molecule has 0 saturated carbocycles. The minimum atomic E-state index is -0.377. The molecule has 2 heterocycles. The van der Waals surface area contributed by atoms with Crippen LogP contribution >= 0.6 is 0 Å². The molecule has 0 radical (unpaired) electrons. The minimum absolute atomic E-state index is 0.211. The minimum Gasteiger partial charge on any atom is -0.493 e. The molecule has 2 aromatic heterocycles. The molecule has 0 saturated heterocycles. The molecule has 0 spiro atoms. The number of carbonyl (C=O) groups is 1. The van der Waals surface area contributed by atoms with Gasteiger partial charge in [0, 0.05) is 28.0 Å². The third-order valence-electron chi connectivity index (χ3n) is 4.73. The molecule has 8 nitrogen and oxygen atoms in total. The molecule has 8 heteroatoms. The van der Waals surface area contributed by atoms with E-state index < -0.39 is 0 Å². The number of fused-ring (bicyclic) bond motifs is 3. The Morgan fingerprint density at radius 1 is 1.10 bits per heavy atom. The van der Waals surface area contributed by atoms with Crippen molar-refractivity contribution in [1.82, 2.24) is 14.8 Å². The fraction of sp³-hybridized carbons (Fsp3) is 0.190. The number of nitrogens with zero attached hydrogens (tertiary/aromatic N) is 2. The molecular weight excluding hydrogens is 372 g/mol. The van der Waals surface area contributed by atoms with E-state index in [1.54, 1.807) is 24.4 Å². The number of rotatable bonds is 5. The highest BCUT2D eigenvalue weighted by molar-refractivity contribution is 6.06. The number of nitrogens with one attached hydrogen (secondary N) is 2. The van der Waals surface area contributed by atoms with Crippen LogP contribution in [0, 0.1) is 6.92 Å². The number of H-pyrrole nitrogens is 1. The highest BCUT2D eigenvalue weighted by Crippen LogP contribution is 2.29. The van der Waals surface area contributed by atoms with Crippen molar-refractivity contribution in [1.29, 1.82) is 0 Å². The van der Waals surface area contributed by atoms with Gasteiger partial charge in [-0.2, -0.15) is 5.10 Å². The van der Waals surface area contributed by atoms with Gasteiger partial charge in [-0.25, -0.2) is 4.68 Å². The van der Waals surface area contributed by atoms with Gasteiger partial charge in [0.1, 0.15) is 12.1 Å². The molecule has 1 amide bonds. The zero-order chi connectivity index (χ0) is 20.5. The molecule has 0 fully saturated rings. The second-order valence-electron chi connectivity index (χ2n) is 6.69. The molecule has 0 aliphatic heterocycles. The van der Waals surface area contributed by atoms with Crippen molar-refractivity contribution >= 4 is 33.4 Å². The van der Waals surface area contributed by atoms with Gasteiger partial charge in [-0.3, -0.25) is 9.59 Å². The van der Waals surface area contributed by atoms with Crippen LogP contribution in [0.4, 0.5) is 5.69 Å². The summed E-state index contributed by atoms with van der Waals surface area (Å²) in [6, 6.07) is 10.9. The fourth-order valence-electron chi connectivity index (χ4n) is 3.30. The van der Waals surface area contributed by atoms with E-state index in [0.717, 1.165) is 26.5 Å². The Balaban J connectivity index is 1.60. The molecule has 4 rings (SSSR count). The Labute approximate surface area is 166 Å². The molecule has 0 bridgehead atoms. The van der Waals surface area contributed by atoms with Crippen molar-refractivity contribution in [2.45, 2.75) is 13.5 Å². The summed E-state index contributed by atoms with van der Waals surface area (Å²) < 4.78 is 11.6. The van der Waals surface area contributed by atoms with Crippen molar-refractivity contribution in [3.05, 3.63) is 58.5 Å². The first-order valence-electron chi connectivity index (χ1n) is 9.00. The number of aryl methyl sites for hydroxylation is 1. The van der Waals surface area contributed by atoms with Crippen molar-refractivity contribution in [2.75, 3.05) is 19.5 Å². The number of methoxy groups -OCH3 is 2. The van der Waals surface area contributed by atoms with E-state index in [-0.39, 0.29) is 18.0 Å². The van der Waals surface area contributed by atoms with Gasteiger partial charge in [-0.05, 0) is 31.2 Å². The predicted octanol–water partition coefficient (Wildman–Crippen LogP) is 2.84. The maximum absolute atomic E-state index is 12.8. The first-order chi connectivity index (χ1) is 14.0. The molecule has 0 aliphatic rings. The van der Waals surface area contributed by atoms with Crippen molar-refractivity contribution in [2.24, 2.45) is 0 Å². The SMILES string of the molecule is COc1ccc(NC(=O)Cn2ncc3c([nH]c4ccc(C)cc43)c2=O)cc1OC. The lowest BCUT2D eigenvalue weighted by Gasteiger charge is -2.11. The van der Waals surface area contributed by atoms with E-state index >= 15 is 0 Å². The summed E-state index contributed by atoms with van der Waals surface area (Å²) in [4.78, 5) is 28.4. The predicted molar refractivity (Wildman–Crippen MR) is 111 cm³/mol. The number of anilines is 1. The number of ether oxygens (including phenoxy) is 2. The lowest BCUT2D eigenvalue weighted by atomic mass is 10.1. The Morgan fingerprint density at radius 3 is 2.66 bits per heavy atom. The van der Waals surface area contributed by atoms with Crippen LogP contribution in [-0.2, 0) is 11.3 Å². The second kappa shape index (κ2) is 7.31. The van der Waals surface area contributed by atoms with E-state index in [2.05, 4.69) is 15.4 Å². The third kappa shape index (κ3) is 3.40. The van der Waals surface area contributed by atoms with Gasteiger partial charge in [0.05, 0.1) is 20.4 Å². The van der Waals surface area contributed by atoms with Gasteiger partial charge in [-0.1, -0.05) is 11.6 Å². The smallest absolute Gasteiger partial charge is 0.291 e. The maximum atomic E-state index is 12.8. The summed E-state index contributed by atoms with van der Waals surface area (Å²) in [5.74, 6) is 0.677. The van der Waals surface area contributed by atoms with Gasteiger partial charge in [0.25, 0.3) is 5.56 Å². The normalized spacial score (nSPS) is 11.0. The largest absolute Gasteiger partial charge is 0.493 e. The van der Waals surface area contributed by atoms with Crippen molar-refractivity contribution in [3.63, 3.8) is 0 Å². The number of aromatic nitrogens is 3. The molecule has 0 aliphatic carbocycles. The van der Waals surface area contributed by atoms with Gasteiger partial charge in [0.15, 0.2) is 11.5 Å². The maximum Gasteiger partial charge on any atom is 0.291 e. The zero-order valence-corrected chi connectivity index (χ0v) is 16.3. The molecule has 2 N–H and O–H groups in total. The summed E-state index contributed by atoms with van der Waals surface area (Å²) in [6.45, 7) is 1.78. The number of amides is 1. The first kappa shape index (κ1) is 18.5. The average Bonchev–Trinajstić information content (AvgIpc) is 3.08. The van der Waals surface area contributed by atoms with Gasteiger partial charge in [-0.15, -0.1) is 0 Å². The highest BCUT2D eigenvalue weighted by Gasteiger charge is 2.13. The second-order valence-corrected chi connectivity index (χ2v) is 6.69. The number of hydrogen-bond donors (Lipinski definition) is 2. The number of carbonyl (C=O) groups excluding carboxylic acids is 1. The molecular formula is C21H20N4O4. The van der Waals surface area contributed by atoms with Crippen LogP contribution in [-0.4, -0.2) is 34.9 Å². The molecule has 148 valence electrons. The van der Waals surface area contributed by atoms with Gasteiger partial charge in [0.2, 0.25) is 5.91 Å². The molecule has 0 unspecified atom stereocenters. The van der Waals surface area contributed by atoms with E-state index in [9.17, 15) is 9.59 Å². The lowest BCUT2D eigenvalue weighted by molar-refractivity contribution is -0.117. The molecule has 2 aromatic carbocycles. The monoisotopic (exact) mass is 392 g/mol. The summed E-state index contributed by atoms with van der Waals surface area (Å²) >= 11 is 0. The van der Waals surface area contributed by atoms with Crippen LogP contribution in [0.5, 0.6) is 11.5 Å². The lowest BCUT2D eigenvalue weighted by Crippen LogP contribution is -2.29.